The molecule has 0 aromatic heterocycles. The van der Waals surface area contributed by atoms with Crippen LogP contribution in [0.3, 0.4) is 0 Å². The quantitative estimate of drug-likeness (QED) is 0.717. The maximum Gasteiger partial charge on any atom is 0.323 e. The summed E-state index contributed by atoms with van der Waals surface area (Å²) < 4.78 is 0. The lowest BCUT2D eigenvalue weighted by Gasteiger charge is -2.28. The largest absolute Gasteiger partial charge is 0.480 e. The van der Waals surface area contributed by atoms with Crippen molar-refractivity contribution in [3.63, 3.8) is 0 Å². The normalized spacial score (nSPS) is 10.9. The Balaban J connectivity index is 4.38. The molecular weight excluding hydrogens is 246 g/mol. The number of carboxylic acid groups (broad SMARTS) is 1. The number of nitrogens with zero attached hydrogens (tertiary/aromatic N) is 3. The van der Waals surface area contributed by atoms with E-state index < -0.39 is 5.97 Å². The van der Waals surface area contributed by atoms with Crippen LogP contribution >= 0.6 is 0 Å². The number of rotatable bonds is 8. The van der Waals surface area contributed by atoms with E-state index in [1.165, 1.54) is 4.90 Å². The predicted molar refractivity (Wildman–Crippen MR) is 75.2 cm³/mol. The standard InChI is InChI=1S/C13H27N3O3/c1-11(2)9-16(10-12(17)18)13(19)15(5)8-6-7-14(3)4/h11H,6-10H2,1-5H3,(H,17,18). The predicted octanol–water partition coefficient (Wildman–Crippen LogP) is 1.03. The van der Waals surface area contributed by atoms with Crippen molar-refractivity contribution < 1.29 is 14.7 Å². The van der Waals surface area contributed by atoms with E-state index in [-0.39, 0.29) is 18.5 Å². The highest BCUT2D eigenvalue weighted by Gasteiger charge is 2.20. The van der Waals surface area contributed by atoms with Crippen LogP contribution < -0.4 is 0 Å². The summed E-state index contributed by atoms with van der Waals surface area (Å²) in [6.07, 6.45) is 0.873. The molecule has 0 rings (SSSR count). The SMILES string of the molecule is CC(C)CN(CC(=O)O)C(=O)N(C)CCCN(C)C. The Bertz CT molecular complexity index is 293. The molecule has 0 heterocycles. The minimum Gasteiger partial charge on any atom is -0.480 e. The Hall–Kier alpha value is -1.30. The first kappa shape index (κ1) is 17.7. The molecule has 0 unspecified atom stereocenters. The Morgan fingerprint density at radius 2 is 1.68 bits per heavy atom. The summed E-state index contributed by atoms with van der Waals surface area (Å²) in [5, 5.41) is 8.86. The van der Waals surface area contributed by atoms with Gasteiger partial charge in [-0.2, -0.15) is 0 Å². The van der Waals surface area contributed by atoms with Gasteiger partial charge in [-0.1, -0.05) is 13.8 Å². The highest BCUT2D eigenvalue weighted by molar-refractivity contribution is 5.80. The van der Waals surface area contributed by atoms with Crippen molar-refractivity contribution in [2.45, 2.75) is 20.3 Å². The summed E-state index contributed by atoms with van der Waals surface area (Å²) in [5.74, 6) is -0.728. The van der Waals surface area contributed by atoms with Crippen molar-refractivity contribution in [1.29, 1.82) is 0 Å². The zero-order chi connectivity index (χ0) is 15.0. The molecule has 0 saturated carbocycles. The van der Waals surface area contributed by atoms with Crippen molar-refractivity contribution in [3.05, 3.63) is 0 Å². The highest BCUT2D eigenvalue weighted by atomic mass is 16.4. The molecule has 1 N–H and O–H groups in total. The van der Waals surface area contributed by atoms with Crippen LogP contribution in [-0.4, -0.2) is 79.1 Å². The highest BCUT2D eigenvalue weighted by Crippen LogP contribution is 2.03. The number of amides is 2. The van der Waals surface area contributed by atoms with E-state index in [2.05, 4.69) is 4.90 Å². The number of aliphatic carboxylic acids is 1. The summed E-state index contributed by atoms with van der Waals surface area (Å²) in [5.41, 5.74) is 0. The topological polar surface area (TPSA) is 64.1 Å². The molecule has 6 heteroatoms. The second-order valence-corrected chi connectivity index (χ2v) is 5.53. The molecule has 0 saturated heterocycles. The van der Waals surface area contributed by atoms with Gasteiger partial charge >= 0.3 is 12.0 Å². The average Bonchev–Trinajstić information content (AvgIpc) is 2.25. The summed E-state index contributed by atoms with van der Waals surface area (Å²) >= 11 is 0. The Morgan fingerprint density at radius 3 is 2.11 bits per heavy atom. The molecule has 0 aromatic rings. The van der Waals surface area contributed by atoms with E-state index in [0.717, 1.165) is 13.0 Å². The number of hydrogen-bond acceptors (Lipinski definition) is 3. The first-order chi connectivity index (χ1) is 8.73. The lowest BCUT2D eigenvalue weighted by Crippen LogP contribution is -2.45. The maximum atomic E-state index is 12.2. The van der Waals surface area contributed by atoms with Crippen molar-refractivity contribution >= 4 is 12.0 Å². The number of hydrogen-bond donors (Lipinski definition) is 1. The first-order valence-corrected chi connectivity index (χ1v) is 6.60. The van der Waals surface area contributed by atoms with Gasteiger partial charge in [-0.3, -0.25) is 4.79 Å². The van der Waals surface area contributed by atoms with Crippen LogP contribution in [0.15, 0.2) is 0 Å². The minimum absolute atomic E-state index is 0.213. The molecule has 0 aliphatic carbocycles. The van der Waals surface area contributed by atoms with Gasteiger partial charge < -0.3 is 19.8 Å². The molecule has 19 heavy (non-hydrogen) atoms. The number of carboxylic acids is 1. The molecule has 112 valence electrons. The summed E-state index contributed by atoms with van der Waals surface area (Å²) in [6, 6.07) is -0.213. The van der Waals surface area contributed by atoms with Gasteiger partial charge in [0.1, 0.15) is 6.54 Å². The fourth-order valence-corrected chi connectivity index (χ4v) is 1.78. The van der Waals surface area contributed by atoms with Gasteiger partial charge in [-0.15, -0.1) is 0 Å². The molecule has 0 aliphatic heterocycles. The van der Waals surface area contributed by atoms with Crippen molar-refractivity contribution in [1.82, 2.24) is 14.7 Å². The summed E-state index contributed by atoms with van der Waals surface area (Å²) in [4.78, 5) is 28.0. The van der Waals surface area contributed by atoms with Crippen molar-refractivity contribution in [3.8, 4) is 0 Å². The molecule has 0 aliphatic rings. The third-order valence-corrected chi connectivity index (χ3v) is 2.61. The van der Waals surface area contributed by atoms with Crippen molar-refractivity contribution in [2.24, 2.45) is 5.92 Å². The zero-order valence-electron chi connectivity index (χ0n) is 12.7. The van der Waals surface area contributed by atoms with Crippen LogP contribution in [0.2, 0.25) is 0 Å². The van der Waals surface area contributed by atoms with Gasteiger partial charge in [0.05, 0.1) is 0 Å². The van der Waals surface area contributed by atoms with Crippen molar-refractivity contribution in [2.75, 3.05) is 47.3 Å². The van der Waals surface area contributed by atoms with Crippen LogP contribution in [0.25, 0.3) is 0 Å². The maximum absolute atomic E-state index is 12.2. The second-order valence-electron chi connectivity index (χ2n) is 5.53. The third kappa shape index (κ3) is 8.42. The molecule has 6 nitrogen and oxygen atoms in total. The zero-order valence-corrected chi connectivity index (χ0v) is 12.7. The van der Waals surface area contributed by atoms with E-state index in [4.69, 9.17) is 5.11 Å². The number of carbonyl (C=O) groups is 2. The van der Waals surface area contributed by atoms with Crippen LogP contribution in [0.5, 0.6) is 0 Å². The van der Waals surface area contributed by atoms with Crippen LogP contribution in [0, 0.1) is 5.92 Å². The van der Waals surface area contributed by atoms with Gasteiger partial charge in [-0.25, -0.2) is 4.79 Å². The van der Waals surface area contributed by atoms with E-state index >= 15 is 0 Å². The molecular formula is C13H27N3O3. The molecule has 0 spiro atoms. The summed E-state index contributed by atoms with van der Waals surface area (Å²) in [6.45, 7) is 5.69. The van der Waals surface area contributed by atoms with Gasteiger partial charge in [-0.05, 0) is 33.0 Å². The lowest BCUT2D eigenvalue weighted by atomic mass is 10.2. The van der Waals surface area contributed by atoms with Gasteiger partial charge in [0.15, 0.2) is 0 Å². The van der Waals surface area contributed by atoms with E-state index in [9.17, 15) is 9.59 Å². The Morgan fingerprint density at radius 1 is 1.11 bits per heavy atom. The smallest absolute Gasteiger partial charge is 0.323 e. The van der Waals surface area contributed by atoms with Crippen LogP contribution in [0.1, 0.15) is 20.3 Å². The number of urea groups is 1. The van der Waals surface area contributed by atoms with E-state index in [1.807, 2.05) is 27.9 Å². The fraction of sp³-hybridized carbons (Fsp3) is 0.846. The molecule has 0 atom stereocenters. The fourth-order valence-electron chi connectivity index (χ4n) is 1.78. The Kier molecular flexibility index (Phi) is 8.14. The monoisotopic (exact) mass is 273 g/mol. The first-order valence-electron chi connectivity index (χ1n) is 6.60. The second kappa shape index (κ2) is 8.74. The lowest BCUT2D eigenvalue weighted by molar-refractivity contribution is -0.137. The average molecular weight is 273 g/mol. The summed E-state index contributed by atoms with van der Waals surface area (Å²) in [7, 11) is 5.68. The van der Waals surface area contributed by atoms with Gasteiger partial charge in [0.25, 0.3) is 0 Å². The van der Waals surface area contributed by atoms with Gasteiger partial charge in [0.2, 0.25) is 0 Å². The molecule has 0 bridgehead atoms. The third-order valence-electron chi connectivity index (χ3n) is 2.61. The number of carbonyl (C=O) groups excluding carboxylic acids is 1. The van der Waals surface area contributed by atoms with Gasteiger partial charge in [0, 0.05) is 20.1 Å². The van der Waals surface area contributed by atoms with Crippen LogP contribution in [-0.2, 0) is 4.79 Å². The van der Waals surface area contributed by atoms with E-state index in [1.54, 1.807) is 11.9 Å². The van der Waals surface area contributed by atoms with Crippen LogP contribution in [0.4, 0.5) is 4.79 Å². The molecule has 0 fully saturated rings. The minimum atomic E-state index is -0.976. The Labute approximate surface area is 116 Å². The molecule has 0 radical (unpaired) electrons. The molecule has 2 amide bonds. The molecule has 0 aromatic carbocycles. The van der Waals surface area contributed by atoms with E-state index in [0.29, 0.717) is 13.1 Å².